The largest absolute Gasteiger partial charge is 0.314 e. The van der Waals surface area contributed by atoms with Gasteiger partial charge in [-0.15, -0.1) is 0 Å². The van der Waals surface area contributed by atoms with Crippen molar-refractivity contribution < 1.29 is 8.78 Å². The van der Waals surface area contributed by atoms with E-state index >= 15 is 0 Å². The van der Waals surface area contributed by atoms with Crippen LogP contribution in [0.3, 0.4) is 0 Å². The first-order chi connectivity index (χ1) is 6.61. The van der Waals surface area contributed by atoms with Crippen molar-refractivity contribution in [2.24, 2.45) is 11.8 Å². The zero-order valence-electron chi connectivity index (χ0n) is 8.60. The van der Waals surface area contributed by atoms with Crippen molar-refractivity contribution in [3.05, 3.63) is 0 Å². The standard InChI is InChI=1S/C10H18F2N2/c1-13-6-10(11,12)7-14-4-8-2-3-9(8)5-14/h8-9,13H,2-7H2,1H3/t8-,9+. The Bertz CT molecular complexity index is 196. The summed E-state index contributed by atoms with van der Waals surface area (Å²) in [5.74, 6) is -1.13. The van der Waals surface area contributed by atoms with Crippen molar-refractivity contribution in [1.82, 2.24) is 10.2 Å². The maximum Gasteiger partial charge on any atom is 0.272 e. The van der Waals surface area contributed by atoms with Gasteiger partial charge in [0.2, 0.25) is 0 Å². The van der Waals surface area contributed by atoms with Gasteiger partial charge in [0.05, 0.1) is 13.1 Å². The number of hydrogen-bond donors (Lipinski definition) is 1. The van der Waals surface area contributed by atoms with Crippen LogP contribution in [0, 0.1) is 11.8 Å². The van der Waals surface area contributed by atoms with Gasteiger partial charge in [-0.2, -0.15) is 0 Å². The molecule has 1 N–H and O–H groups in total. The monoisotopic (exact) mass is 204 g/mol. The molecule has 2 aliphatic rings. The molecular formula is C10H18F2N2. The molecule has 4 heteroatoms. The number of nitrogens with zero attached hydrogens (tertiary/aromatic N) is 1. The third-order valence-electron chi connectivity index (χ3n) is 3.45. The summed E-state index contributed by atoms with van der Waals surface area (Å²) >= 11 is 0. The quantitative estimate of drug-likeness (QED) is 0.740. The normalized spacial score (nSPS) is 32.8. The molecule has 0 aromatic rings. The molecular weight excluding hydrogens is 186 g/mol. The van der Waals surface area contributed by atoms with Gasteiger partial charge in [0, 0.05) is 13.1 Å². The van der Waals surface area contributed by atoms with Crippen LogP contribution in [0.1, 0.15) is 12.8 Å². The van der Waals surface area contributed by atoms with E-state index in [4.69, 9.17) is 0 Å². The lowest BCUT2D eigenvalue weighted by Gasteiger charge is -2.28. The van der Waals surface area contributed by atoms with Gasteiger partial charge in [-0.1, -0.05) is 0 Å². The van der Waals surface area contributed by atoms with E-state index in [1.807, 2.05) is 4.90 Å². The van der Waals surface area contributed by atoms with Gasteiger partial charge >= 0.3 is 0 Å². The summed E-state index contributed by atoms with van der Waals surface area (Å²) in [4.78, 5) is 1.93. The molecule has 82 valence electrons. The van der Waals surface area contributed by atoms with Gasteiger partial charge in [-0.3, -0.25) is 4.90 Å². The number of nitrogens with one attached hydrogen (secondary N) is 1. The number of fused-ring (bicyclic) bond motifs is 1. The van der Waals surface area contributed by atoms with Crippen molar-refractivity contribution in [1.29, 1.82) is 0 Å². The highest BCUT2D eigenvalue weighted by atomic mass is 19.3. The molecule has 2 rings (SSSR count). The lowest BCUT2D eigenvalue weighted by molar-refractivity contribution is -0.0246. The Labute approximate surface area is 83.7 Å². The molecule has 1 saturated heterocycles. The van der Waals surface area contributed by atoms with Crippen LogP contribution >= 0.6 is 0 Å². The maximum absolute atomic E-state index is 13.2. The fourth-order valence-electron chi connectivity index (χ4n) is 2.63. The van der Waals surface area contributed by atoms with E-state index in [9.17, 15) is 8.78 Å². The molecule has 2 nitrogen and oxygen atoms in total. The van der Waals surface area contributed by atoms with E-state index in [0.717, 1.165) is 24.9 Å². The minimum Gasteiger partial charge on any atom is -0.314 e. The molecule has 0 radical (unpaired) electrons. The molecule has 1 saturated carbocycles. The molecule has 1 aliphatic heterocycles. The molecule has 0 amide bonds. The molecule has 1 heterocycles. The highest BCUT2D eigenvalue weighted by molar-refractivity contribution is 4.92. The predicted octanol–water partition coefficient (Wildman–Crippen LogP) is 1.18. The number of rotatable bonds is 4. The second-order valence-corrected chi connectivity index (χ2v) is 4.68. The first-order valence-electron chi connectivity index (χ1n) is 5.35. The van der Waals surface area contributed by atoms with Gasteiger partial charge in [0.25, 0.3) is 5.92 Å². The minimum absolute atomic E-state index is 0.0686. The lowest BCUT2D eigenvalue weighted by atomic mass is 9.77. The van der Waals surface area contributed by atoms with Crippen molar-refractivity contribution in [3.63, 3.8) is 0 Å². The van der Waals surface area contributed by atoms with Crippen LogP contribution in [0.15, 0.2) is 0 Å². The molecule has 2 fully saturated rings. The van der Waals surface area contributed by atoms with Gasteiger partial charge in [-0.25, -0.2) is 8.78 Å². The summed E-state index contributed by atoms with van der Waals surface area (Å²) in [6.07, 6.45) is 2.50. The second kappa shape index (κ2) is 3.74. The summed E-state index contributed by atoms with van der Waals surface area (Å²) < 4.78 is 26.5. The second-order valence-electron chi connectivity index (χ2n) is 4.68. The Kier molecular flexibility index (Phi) is 2.75. The number of hydrogen-bond acceptors (Lipinski definition) is 2. The topological polar surface area (TPSA) is 15.3 Å². The summed E-state index contributed by atoms with van der Waals surface area (Å²) in [7, 11) is 1.57. The van der Waals surface area contributed by atoms with E-state index in [-0.39, 0.29) is 13.1 Å². The Balaban J connectivity index is 1.80. The first-order valence-corrected chi connectivity index (χ1v) is 5.35. The molecule has 0 aromatic carbocycles. The van der Waals surface area contributed by atoms with Crippen molar-refractivity contribution in [2.75, 3.05) is 33.2 Å². The van der Waals surface area contributed by atoms with Crippen LogP contribution in [0.25, 0.3) is 0 Å². The van der Waals surface area contributed by atoms with Gasteiger partial charge < -0.3 is 5.32 Å². The predicted molar refractivity (Wildman–Crippen MR) is 51.5 cm³/mol. The number of likely N-dealkylation sites (tertiary alicyclic amines) is 1. The maximum atomic E-state index is 13.2. The lowest BCUT2D eigenvalue weighted by Crippen LogP contribution is -2.41. The van der Waals surface area contributed by atoms with Crippen molar-refractivity contribution >= 4 is 0 Å². The fraction of sp³-hybridized carbons (Fsp3) is 1.00. The SMILES string of the molecule is CNCC(F)(F)CN1C[C@H]2CC[C@H]2C1. The summed E-state index contributed by atoms with van der Waals surface area (Å²) in [5.41, 5.74) is 0. The molecule has 0 unspecified atom stereocenters. The van der Waals surface area contributed by atoms with Crippen LogP contribution in [-0.4, -0.2) is 44.0 Å². The van der Waals surface area contributed by atoms with E-state index in [0.29, 0.717) is 0 Å². The molecule has 0 bridgehead atoms. The average molecular weight is 204 g/mol. The molecule has 14 heavy (non-hydrogen) atoms. The van der Waals surface area contributed by atoms with E-state index in [1.165, 1.54) is 12.8 Å². The van der Waals surface area contributed by atoms with Crippen LogP contribution < -0.4 is 5.32 Å². The van der Waals surface area contributed by atoms with Gasteiger partial charge in [-0.05, 0) is 31.7 Å². The van der Waals surface area contributed by atoms with Crippen molar-refractivity contribution in [2.45, 2.75) is 18.8 Å². The molecule has 0 spiro atoms. The fourth-order valence-corrected chi connectivity index (χ4v) is 2.63. The highest BCUT2D eigenvalue weighted by Gasteiger charge is 2.42. The van der Waals surface area contributed by atoms with E-state index in [2.05, 4.69) is 5.32 Å². The Morgan fingerprint density at radius 1 is 1.29 bits per heavy atom. The highest BCUT2D eigenvalue weighted by Crippen LogP contribution is 2.40. The van der Waals surface area contributed by atoms with Crippen molar-refractivity contribution in [3.8, 4) is 0 Å². The zero-order chi connectivity index (χ0) is 10.2. The average Bonchev–Trinajstić information content (AvgIpc) is 2.30. The smallest absolute Gasteiger partial charge is 0.272 e. The molecule has 0 aromatic heterocycles. The summed E-state index contributed by atoms with van der Waals surface area (Å²) in [5, 5.41) is 2.54. The summed E-state index contributed by atoms with van der Waals surface area (Å²) in [6, 6.07) is 0. The number of alkyl halides is 2. The first kappa shape index (κ1) is 10.3. The van der Waals surface area contributed by atoms with E-state index < -0.39 is 5.92 Å². The molecule has 2 atom stereocenters. The molecule has 1 aliphatic carbocycles. The van der Waals surface area contributed by atoms with Crippen LogP contribution in [0.4, 0.5) is 8.78 Å². The third-order valence-corrected chi connectivity index (χ3v) is 3.45. The summed E-state index contributed by atoms with van der Waals surface area (Å²) in [6.45, 7) is 1.51. The van der Waals surface area contributed by atoms with E-state index in [1.54, 1.807) is 7.05 Å². The Morgan fingerprint density at radius 3 is 2.29 bits per heavy atom. The Hall–Kier alpha value is -0.220. The van der Waals surface area contributed by atoms with Crippen LogP contribution in [-0.2, 0) is 0 Å². The van der Waals surface area contributed by atoms with Gasteiger partial charge in [0.15, 0.2) is 0 Å². The van der Waals surface area contributed by atoms with Crippen LogP contribution in [0.5, 0.6) is 0 Å². The Morgan fingerprint density at radius 2 is 1.86 bits per heavy atom. The van der Waals surface area contributed by atoms with Gasteiger partial charge in [0.1, 0.15) is 0 Å². The zero-order valence-corrected chi connectivity index (χ0v) is 8.60. The minimum atomic E-state index is -2.57. The number of halogens is 2. The third kappa shape index (κ3) is 2.06. The van der Waals surface area contributed by atoms with Crippen LogP contribution in [0.2, 0.25) is 0 Å².